The highest BCUT2D eigenvalue weighted by atomic mass is 16.5. The lowest BCUT2D eigenvalue weighted by Gasteiger charge is -2.23. The number of aliphatic hydroxyl groups is 1. The largest absolute Gasteiger partial charge is 0.490 e. The third-order valence-corrected chi connectivity index (χ3v) is 3.17. The zero-order valence-electron chi connectivity index (χ0n) is 14.4. The van der Waals surface area contributed by atoms with Crippen LogP contribution in [0.3, 0.4) is 0 Å². The highest BCUT2D eigenvalue weighted by Crippen LogP contribution is 2.23. The molecule has 4 N–H and O–H groups in total. The minimum atomic E-state index is -0.732. The number of nitrogens with two attached hydrogens (primary N) is 1. The van der Waals surface area contributed by atoms with Crippen LogP contribution < -0.4 is 15.8 Å². The lowest BCUT2D eigenvalue weighted by molar-refractivity contribution is 0.0978. The summed E-state index contributed by atoms with van der Waals surface area (Å²) in [4.78, 5) is 11.6. The van der Waals surface area contributed by atoms with E-state index in [0.29, 0.717) is 37.7 Å². The lowest BCUT2D eigenvalue weighted by Crippen LogP contribution is -2.38. The van der Waals surface area contributed by atoms with Crippen molar-refractivity contribution in [2.45, 2.75) is 39.3 Å². The van der Waals surface area contributed by atoms with Crippen LogP contribution in [-0.2, 0) is 4.74 Å². The molecule has 6 heteroatoms. The van der Waals surface area contributed by atoms with Crippen molar-refractivity contribution in [3.05, 3.63) is 29.3 Å². The summed E-state index contributed by atoms with van der Waals surface area (Å²) < 4.78 is 10.7. The molecule has 1 atom stereocenters. The molecule has 0 spiro atoms. The van der Waals surface area contributed by atoms with E-state index in [0.717, 1.165) is 0 Å². The average Bonchev–Trinajstić information content (AvgIpc) is 2.48. The number of carbonyl (C=O) groups is 1. The molecular weight excluding hydrogens is 296 g/mol. The molecule has 1 rings (SSSR count). The summed E-state index contributed by atoms with van der Waals surface area (Å²) in [5, 5.41) is 13.5. The maximum absolute atomic E-state index is 11.6. The average molecular weight is 324 g/mol. The second kappa shape index (κ2) is 8.86. The van der Waals surface area contributed by atoms with E-state index in [2.05, 4.69) is 5.32 Å². The van der Waals surface area contributed by atoms with Crippen molar-refractivity contribution in [1.29, 1.82) is 0 Å². The zero-order valence-corrected chi connectivity index (χ0v) is 14.4. The van der Waals surface area contributed by atoms with Gasteiger partial charge in [0.2, 0.25) is 0 Å². The van der Waals surface area contributed by atoms with Gasteiger partial charge in [0.1, 0.15) is 12.4 Å². The number of β-amino-alcohol motifs (C(OH)–C–C–N with tert-alkyl or cyclic N) is 1. The van der Waals surface area contributed by atoms with Crippen LogP contribution in [0.5, 0.6) is 5.75 Å². The van der Waals surface area contributed by atoms with E-state index in [1.165, 1.54) is 0 Å². The molecular formula is C17H28N2O4. The molecule has 1 unspecified atom stereocenters. The number of benzene rings is 1. The first-order valence-corrected chi connectivity index (χ1v) is 7.82. The van der Waals surface area contributed by atoms with Crippen molar-refractivity contribution in [3.63, 3.8) is 0 Å². The number of amides is 1. The molecule has 0 aliphatic rings. The fourth-order valence-corrected chi connectivity index (χ4v) is 1.95. The Hall–Kier alpha value is -1.63. The molecule has 1 aromatic rings. The summed E-state index contributed by atoms with van der Waals surface area (Å²) in [6.07, 6.45) is -0.732. The molecule has 6 nitrogen and oxygen atoms in total. The third kappa shape index (κ3) is 6.99. The van der Waals surface area contributed by atoms with Gasteiger partial charge in [-0.2, -0.15) is 0 Å². The topological polar surface area (TPSA) is 93.8 Å². The van der Waals surface area contributed by atoms with Gasteiger partial charge in [-0.25, -0.2) is 0 Å². The molecule has 0 radical (unpaired) electrons. The monoisotopic (exact) mass is 324 g/mol. The van der Waals surface area contributed by atoms with E-state index in [-0.39, 0.29) is 11.1 Å². The van der Waals surface area contributed by atoms with Gasteiger partial charge in [0.05, 0.1) is 18.3 Å². The maximum Gasteiger partial charge on any atom is 0.252 e. The highest BCUT2D eigenvalue weighted by Gasteiger charge is 2.17. The molecule has 1 amide bonds. The summed E-state index contributed by atoms with van der Waals surface area (Å²) in [7, 11) is 0. The number of rotatable bonds is 9. The van der Waals surface area contributed by atoms with E-state index in [1.54, 1.807) is 18.2 Å². The summed E-state index contributed by atoms with van der Waals surface area (Å²) in [5.74, 6) is -0.189. The minimum Gasteiger partial charge on any atom is -0.490 e. The van der Waals surface area contributed by atoms with Gasteiger partial charge in [0, 0.05) is 18.7 Å². The van der Waals surface area contributed by atoms with Crippen LogP contribution in [0.25, 0.3) is 0 Å². The summed E-state index contributed by atoms with van der Waals surface area (Å²) in [5.41, 5.74) is 6.18. The Balaban J connectivity index is 2.80. The predicted molar refractivity (Wildman–Crippen MR) is 89.7 cm³/mol. The Morgan fingerprint density at radius 3 is 2.61 bits per heavy atom. The van der Waals surface area contributed by atoms with Crippen molar-refractivity contribution in [2.24, 2.45) is 5.73 Å². The van der Waals surface area contributed by atoms with Gasteiger partial charge in [0.25, 0.3) is 5.91 Å². The van der Waals surface area contributed by atoms with Crippen LogP contribution in [0, 0.1) is 0 Å². The van der Waals surface area contributed by atoms with Crippen molar-refractivity contribution in [1.82, 2.24) is 5.32 Å². The maximum atomic E-state index is 11.6. The molecule has 0 aromatic heterocycles. The van der Waals surface area contributed by atoms with Crippen molar-refractivity contribution in [2.75, 3.05) is 26.4 Å². The molecule has 0 fully saturated rings. The smallest absolute Gasteiger partial charge is 0.252 e. The fraction of sp³-hybridized carbons (Fsp3) is 0.588. The Morgan fingerprint density at radius 2 is 2.04 bits per heavy atom. The van der Waals surface area contributed by atoms with E-state index in [4.69, 9.17) is 15.2 Å². The molecule has 0 aliphatic carbocycles. The summed E-state index contributed by atoms with van der Waals surface area (Å²) in [6, 6.07) is 4.96. The van der Waals surface area contributed by atoms with Crippen LogP contribution >= 0.6 is 0 Å². The van der Waals surface area contributed by atoms with Gasteiger partial charge in [-0.1, -0.05) is 6.07 Å². The Morgan fingerprint density at radius 1 is 1.35 bits per heavy atom. The van der Waals surface area contributed by atoms with E-state index in [1.807, 2.05) is 27.7 Å². The number of hydrogen-bond donors (Lipinski definition) is 3. The minimum absolute atomic E-state index is 0.101. The summed E-state index contributed by atoms with van der Waals surface area (Å²) in [6.45, 7) is 9.72. The van der Waals surface area contributed by atoms with Gasteiger partial charge in [-0.05, 0) is 45.4 Å². The molecule has 0 saturated carbocycles. The highest BCUT2D eigenvalue weighted by molar-refractivity contribution is 5.95. The molecule has 0 aliphatic heterocycles. The Kier molecular flexibility index (Phi) is 7.48. The van der Waals surface area contributed by atoms with Crippen molar-refractivity contribution in [3.8, 4) is 5.75 Å². The quantitative estimate of drug-likeness (QED) is 0.600. The lowest BCUT2D eigenvalue weighted by atomic mass is 10.0. The zero-order chi connectivity index (χ0) is 17.5. The van der Waals surface area contributed by atoms with E-state index >= 15 is 0 Å². The second-order valence-corrected chi connectivity index (χ2v) is 6.31. The van der Waals surface area contributed by atoms with Crippen molar-refractivity contribution < 1.29 is 19.4 Å². The van der Waals surface area contributed by atoms with Crippen LogP contribution in [0.4, 0.5) is 0 Å². The normalized spacial score (nSPS) is 12.9. The number of ether oxygens (including phenoxy) is 2. The third-order valence-electron chi connectivity index (χ3n) is 3.17. The Labute approximate surface area is 138 Å². The van der Waals surface area contributed by atoms with Crippen molar-refractivity contribution >= 4 is 5.91 Å². The molecule has 23 heavy (non-hydrogen) atoms. The van der Waals surface area contributed by atoms with E-state index < -0.39 is 12.0 Å². The molecule has 0 bridgehead atoms. The first kappa shape index (κ1) is 19.4. The predicted octanol–water partition coefficient (Wildman–Crippen LogP) is 1.62. The van der Waals surface area contributed by atoms with Gasteiger partial charge in [-0.15, -0.1) is 0 Å². The van der Waals surface area contributed by atoms with E-state index in [9.17, 15) is 9.90 Å². The number of aliphatic hydroxyl groups excluding tert-OH is 1. The molecule has 1 aromatic carbocycles. The summed E-state index contributed by atoms with van der Waals surface area (Å²) >= 11 is 0. The molecule has 0 heterocycles. The van der Waals surface area contributed by atoms with Gasteiger partial charge in [-0.3, -0.25) is 4.79 Å². The van der Waals surface area contributed by atoms with Crippen LogP contribution in [0.1, 0.15) is 49.7 Å². The second-order valence-electron chi connectivity index (χ2n) is 6.31. The van der Waals surface area contributed by atoms with Crippen LogP contribution in [0.2, 0.25) is 0 Å². The number of hydrogen-bond acceptors (Lipinski definition) is 5. The molecule has 0 saturated heterocycles. The molecule has 130 valence electrons. The van der Waals surface area contributed by atoms with Gasteiger partial charge < -0.3 is 25.6 Å². The van der Waals surface area contributed by atoms with Crippen LogP contribution in [-0.4, -0.2) is 42.9 Å². The first-order chi connectivity index (χ1) is 10.7. The standard InChI is InChI=1S/C17H28N2O4/c1-5-22-8-9-23-15-7-6-12(10-13(15)16(18)21)14(20)11-19-17(2,3)4/h6-7,10,14,19-20H,5,8-9,11H2,1-4H3,(H2,18,21). The Bertz CT molecular complexity index is 512. The van der Waals surface area contributed by atoms with Gasteiger partial charge >= 0.3 is 0 Å². The number of primary amides is 1. The number of carbonyl (C=O) groups excluding carboxylic acids is 1. The van der Waals surface area contributed by atoms with Crippen LogP contribution in [0.15, 0.2) is 18.2 Å². The first-order valence-electron chi connectivity index (χ1n) is 7.82. The fourth-order valence-electron chi connectivity index (χ4n) is 1.95. The SMILES string of the molecule is CCOCCOc1ccc(C(O)CNC(C)(C)C)cc1C(N)=O. The number of nitrogens with one attached hydrogen (secondary N) is 1. The van der Waals surface area contributed by atoms with Gasteiger partial charge in [0.15, 0.2) is 0 Å².